The molecule has 2 heterocycles. The van der Waals surface area contributed by atoms with Crippen molar-refractivity contribution in [3.8, 4) is 17.0 Å². The third kappa shape index (κ3) is 1.20. The van der Waals surface area contributed by atoms with Crippen LogP contribution in [0, 0.1) is 0 Å². The molecule has 2 N–H and O–H groups in total. The summed E-state index contributed by atoms with van der Waals surface area (Å²) in [5.41, 5.74) is 3.94. The quantitative estimate of drug-likeness (QED) is 0.799. The van der Waals surface area contributed by atoms with E-state index in [1.807, 2.05) is 12.1 Å². The Hall–Kier alpha value is -1.68. The molecule has 0 radical (unpaired) electrons. The Balaban J connectivity index is 2.31. The summed E-state index contributed by atoms with van der Waals surface area (Å²) in [6.07, 6.45) is 1.81. The van der Waals surface area contributed by atoms with Crippen molar-refractivity contribution in [2.75, 3.05) is 12.4 Å². The van der Waals surface area contributed by atoms with Gasteiger partial charge in [0, 0.05) is 17.7 Å². The number of anilines is 1. The Kier molecular flexibility index (Phi) is 2.04. The lowest BCUT2D eigenvalue weighted by atomic mass is 10.0. The van der Waals surface area contributed by atoms with Crippen LogP contribution in [0.25, 0.3) is 11.3 Å². The average molecular weight is 236 g/mol. The van der Waals surface area contributed by atoms with Gasteiger partial charge in [0.2, 0.25) is 0 Å². The monoisotopic (exact) mass is 235 g/mol. The maximum Gasteiger partial charge on any atom is 0.142 e. The predicted octanol–water partition coefficient (Wildman–Crippen LogP) is 2.66. The van der Waals surface area contributed by atoms with Gasteiger partial charge in [-0.15, -0.1) is 0 Å². The molecule has 5 heteroatoms. The maximum atomic E-state index is 6.21. The van der Waals surface area contributed by atoms with Crippen molar-refractivity contribution in [1.82, 2.24) is 10.2 Å². The fourth-order valence-electron chi connectivity index (χ4n) is 1.99. The molecule has 0 bridgehead atoms. The number of aromatic amines is 1. The fourth-order valence-corrected chi connectivity index (χ4v) is 2.25. The molecule has 82 valence electrons. The molecule has 0 saturated carbocycles. The molecular formula is C11H10ClN3O. The Labute approximate surface area is 97.6 Å². The van der Waals surface area contributed by atoms with Crippen LogP contribution in [-0.4, -0.2) is 17.3 Å². The van der Waals surface area contributed by atoms with Gasteiger partial charge < -0.3 is 10.1 Å². The summed E-state index contributed by atoms with van der Waals surface area (Å²) in [4.78, 5) is 0. The van der Waals surface area contributed by atoms with E-state index >= 15 is 0 Å². The van der Waals surface area contributed by atoms with Crippen molar-refractivity contribution in [3.63, 3.8) is 0 Å². The number of rotatable bonds is 1. The average Bonchev–Trinajstić information content (AvgIpc) is 2.77. The summed E-state index contributed by atoms with van der Waals surface area (Å²) in [6.45, 7) is 0.732. The van der Waals surface area contributed by atoms with E-state index in [4.69, 9.17) is 16.3 Å². The van der Waals surface area contributed by atoms with E-state index in [1.165, 1.54) is 0 Å². The number of nitrogens with zero attached hydrogens (tertiary/aromatic N) is 1. The summed E-state index contributed by atoms with van der Waals surface area (Å²) in [5.74, 6) is 0.791. The second-order valence-electron chi connectivity index (χ2n) is 3.62. The van der Waals surface area contributed by atoms with Gasteiger partial charge >= 0.3 is 0 Å². The third-order valence-corrected chi connectivity index (χ3v) is 3.07. The lowest BCUT2D eigenvalue weighted by Gasteiger charge is -2.21. The van der Waals surface area contributed by atoms with Crippen LogP contribution < -0.4 is 10.1 Å². The first kappa shape index (κ1) is 9.54. The van der Waals surface area contributed by atoms with Crippen LogP contribution in [-0.2, 0) is 6.54 Å². The van der Waals surface area contributed by atoms with Crippen LogP contribution in [0.3, 0.4) is 0 Å². The zero-order chi connectivity index (χ0) is 11.1. The van der Waals surface area contributed by atoms with E-state index in [0.717, 1.165) is 34.8 Å². The Bertz CT molecular complexity index is 550. The molecule has 1 aliphatic rings. The van der Waals surface area contributed by atoms with Crippen LogP contribution >= 0.6 is 11.6 Å². The molecule has 1 aliphatic heterocycles. The minimum absolute atomic E-state index is 0.688. The van der Waals surface area contributed by atoms with Gasteiger partial charge in [-0.2, -0.15) is 5.10 Å². The van der Waals surface area contributed by atoms with Crippen LogP contribution in [0.1, 0.15) is 5.56 Å². The standard InChI is InChI=1S/C11H10ClN3O/c1-16-8-3-2-7(12)9-10-6(5-14-15-10)4-13-11(8)9/h2-3,5,13H,4H2,1H3,(H,14,15). The first-order chi connectivity index (χ1) is 7.81. The minimum Gasteiger partial charge on any atom is -0.495 e. The number of halogens is 1. The van der Waals surface area contributed by atoms with Crippen molar-refractivity contribution in [1.29, 1.82) is 0 Å². The van der Waals surface area contributed by atoms with Crippen molar-refractivity contribution in [2.45, 2.75) is 6.54 Å². The van der Waals surface area contributed by atoms with Gasteiger partial charge in [-0.05, 0) is 12.1 Å². The highest BCUT2D eigenvalue weighted by molar-refractivity contribution is 6.34. The Morgan fingerprint density at radius 1 is 1.44 bits per heavy atom. The summed E-state index contributed by atoms with van der Waals surface area (Å²) in [6, 6.07) is 3.69. The SMILES string of the molecule is COc1ccc(Cl)c2c1NCc1cn[nH]c1-2. The van der Waals surface area contributed by atoms with Crippen LogP contribution in [0.4, 0.5) is 5.69 Å². The van der Waals surface area contributed by atoms with Gasteiger partial charge in [-0.25, -0.2) is 0 Å². The minimum atomic E-state index is 0.688. The molecule has 0 fully saturated rings. The number of ether oxygens (including phenoxy) is 1. The van der Waals surface area contributed by atoms with Gasteiger partial charge in [0.05, 0.1) is 29.7 Å². The molecular weight excluding hydrogens is 226 g/mol. The molecule has 0 aliphatic carbocycles. The number of H-pyrrole nitrogens is 1. The van der Waals surface area contributed by atoms with E-state index in [-0.39, 0.29) is 0 Å². The maximum absolute atomic E-state index is 6.21. The molecule has 3 rings (SSSR count). The van der Waals surface area contributed by atoms with Gasteiger partial charge in [-0.1, -0.05) is 11.6 Å². The summed E-state index contributed by atoms with van der Waals surface area (Å²) >= 11 is 6.21. The number of fused-ring (bicyclic) bond motifs is 3. The zero-order valence-electron chi connectivity index (χ0n) is 8.67. The number of benzene rings is 1. The van der Waals surface area contributed by atoms with E-state index in [9.17, 15) is 0 Å². The largest absolute Gasteiger partial charge is 0.495 e. The molecule has 0 spiro atoms. The highest BCUT2D eigenvalue weighted by atomic mass is 35.5. The summed E-state index contributed by atoms with van der Waals surface area (Å²) in [7, 11) is 1.65. The highest BCUT2D eigenvalue weighted by Gasteiger charge is 2.23. The van der Waals surface area contributed by atoms with Crippen molar-refractivity contribution in [3.05, 3.63) is 28.9 Å². The van der Waals surface area contributed by atoms with Crippen molar-refractivity contribution < 1.29 is 4.74 Å². The lowest BCUT2D eigenvalue weighted by molar-refractivity contribution is 0.416. The first-order valence-electron chi connectivity index (χ1n) is 4.94. The smallest absolute Gasteiger partial charge is 0.142 e. The molecule has 4 nitrogen and oxygen atoms in total. The van der Waals surface area contributed by atoms with Crippen molar-refractivity contribution in [2.24, 2.45) is 0 Å². The van der Waals surface area contributed by atoms with E-state index < -0.39 is 0 Å². The number of hydrogen-bond donors (Lipinski definition) is 2. The molecule has 0 atom stereocenters. The lowest BCUT2D eigenvalue weighted by Crippen LogP contribution is -2.09. The molecule has 16 heavy (non-hydrogen) atoms. The molecule has 2 aromatic rings. The van der Waals surface area contributed by atoms with E-state index in [2.05, 4.69) is 15.5 Å². The fraction of sp³-hybridized carbons (Fsp3) is 0.182. The van der Waals surface area contributed by atoms with Crippen LogP contribution in [0.15, 0.2) is 18.3 Å². The molecule has 1 aromatic carbocycles. The highest BCUT2D eigenvalue weighted by Crippen LogP contribution is 2.44. The van der Waals surface area contributed by atoms with Gasteiger partial charge in [0.15, 0.2) is 0 Å². The van der Waals surface area contributed by atoms with Crippen LogP contribution in [0.2, 0.25) is 5.02 Å². The second-order valence-corrected chi connectivity index (χ2v) is 4.03. The molecule has 0 saturated heterocycles. The van der Waals surface area contributed by atoms with Gasteiger partial charge in [0.25, 0.3) is 0 Å². The van der Waals surface area contributed by atoms with E-state index in [1.54, 1.807) is 13.3 Å². The van der Waals surface area contributed by atoms with E-state index in [0.29, 0.717) is 5.02 Å². The second kappa shape index (κ2) is 3.42. The van der Waals surface area contributed by atoms with Crippen LogP contribution in [0.5, 0.6) is 5.75 Å². The predicted molar refractivity (Wildman–Crippen MR) is 62.9 cm³/mol. The Morgan fingerprint density at radius 3 is 3.12 bits per heavy atom. The summed E-state index contributed by atoms with van der Waals surface area (Å²) in [5, 5.41) is 11.0. The number of nitrogens with one attached hydrogen (secondary N) is 2. The number of aromatic nitrogens is 2. The number of hydrogen-bond acceptors (Lipinski definition) is 3. The first-order valence-corrected chi connectivity index (χ1v) is 5.32. The zero-order valence-corrected chi connectivity index (χ0v) is 9.43. The normalized spacial score (nSPS) is 12.6. The van der Waals surface area contributed by atoms with Gasteiger partial charge in [-0.3, -0.25) is 5.10 Å². The third-order valence-electron chi connectivity index (χ3n) is 2.76. The molecule has 0 unspecified atom stereocenters. The Morgan fingerprint density at radius 2 is 2.31 bits per heavy atom. The molecule has 1 aromatic heterocycles. The van der Waals surface area contributed by atoms with Crippen molar-refractivity contribution >= 4 is 17.3 Å². The molecule has 0 amide bonds. The summed E-state index contributed by atoms with van der Waals surface area (Å²) < 4.78 is 5.30. The topological polar surface area (TPSA) is 49.9 Å². The van der Waals surface area contributed by atoms with Gasteiger partial charge in [0.1, 0.15) is 5.75 Å². The number of methoxy groups -OCH3 is 1.